The van der Waals surface area contributed by atoms with Crippen molar-refractivity contribution < 1.29 is 0 Å². The van der Waals surface area contributed by atoms with Gasteiger partial charge in [0.05, 0.1) is 11.3 Å². The van der Waals surface area contributed by atoms with Gasteiger partial charge in [0.2, 0.25) is 5.95 Å². The first-order valence-corrected chi connectivity index (χ1v) is 7.71. The van der Waals surface area contributed by atoms with Crippen LogP contribution in [0.3, 0.4) is 0 Å². The van der Waals surface area contributed by atoms with Crippen LogP contribution >= 0.6 is 0 Å². The SMILES string of the molecule is N#Cc1ccccc1Nc1nccc(NC2CCCCC2)n1. The quantitative estimate of drug-likeness (QED) is 0.896. The lowest BCUT2D eigenvalue weighted by atomic mass is 9.95. The van der Waals surface area contributed by atoms with Gasteiger partial charge in [-0.1, -0.05) is 31.4 Å². The van der Waals surface area contributed by atoms with E-state index in [1.165, 1.54) is 32.1 Å². The van der Waals surface area contributed by atoms with Crippen LogP contribution in [0.2, 0.25) is 0 Å². The largest absolute Gasteiger partial charge is 0.367 e. The Hall–Kier alpha value is -2.61. The van der Waals surface area contributed by atoms with Crippen molar-refractivity contribution in [1.82, 2.24) is 9.97 Å². The lowest BCUT2D eigenvalue weighted by Crippen LogP contribution is -2.22. The van der Waals surface area contributed by atoms with Crippen LogP contribution in [-0.2, 0) is 0 Å². The third-order valence-corrected chi connectivity index (χ3v) is 3.91. The number of para-hydroxylation sites is 1. The number of hydrogen-bond donors (Lipinski definition) is 2. The summed E-state index contributed by atoms with van der Waals surface area (Å²) in [7, 11) is 0. The Morgan fingerprint density at radius 2 is 1.91 bits per heavy atom. The molecule has 1 heterocycles. The Labute approximate surface area is 130 Å². The van der Waals surface area contributed by atoms with E-state index in [1.807, 2.05) is 24.3 Å². The van der Waals surface area contributed by atoms with Gasteiger partial charge >= 0.3 is 0 Å². The average molecular weight is 293 g/mol. The standard InChI is InChI=1S/C17H19N5/c18-12-13-6-4-5-9-15(13)21-17-19-11-10-16(22-17)20-14-7-2-1-3-8-14/h4-6,9-11,14H,1-3,7-8H2,(H2,19,20,21,22). The molecule has 5 heteroatoms. The van der Waals surface area contributed by atoms with Crippen LogP contribution in [0.5, 0.6) is 0 Å². The molecule has 0 radical (unpaired) electrons. The number of anilines is 3. The molecule has 1 fully saturated rings. The molecule has 2 aromatic rings. The van der Waals surface area contributed by atoms with Crippen LogP contribution in [0.4, 0.5) is 17.5 Å². The molecular formula is C17H19N5. The van der Waals surface area contributed by atoms with E-state index in [0.29, 0.717) is 17.6 Å². The fourth-order valence-electron chi connectivity index (χ4n) is 2.77. The van der Waals surface area contributed by atoms with Crippen LogP contribution in [-0.4, -0.2) is 16.0 Å². The number of hydrogen-bond acceptors (Lipinski definition) is 5. The molecule has 0 atom stereocenters. The molecule has 0 saturated heterocycles. The van der Waals surface area contributed by atoms with Crippen LogP contribution < -0.4 is 10.6 Å². The molecule has 1 aliphatic carbocycles. The molecule has 1 aromatic heterocycles. The molecule has 0 amide bonds. The summed E-state index contributed by atoms with van der Waals surface area (Å²) in [6, 6.07) is 11.9. The molecule has 0 aliphatic heterocycles. The van der Waals surface area contributed by atoms with Crippen LogP contribution in [0.15, 0.2) is 36.5 Å². The Kier molecular flexibility index (Phi) is 4.50. The Balaban J connectivity index is 1.72. The van der Waals surface area contributed by atoms with Gasteiger partial charge in [0, 0.05) is 12.2 Å². The van der Waals surface area contributed by atoms with Crippen molar-refractivity contribution in [2.45, 2.75) is 38.1 Å². The number of nitrogens with zero attached hydrogens (tertiary/aromatic N) is 3. The van der Waals surface area contributed by atoms with E-state index in [0.717, 1.165) is 11.5 Å². The highest BCUT2D eigenvalue weighted by Gasteiger charge is 2.13. The third-order valence-electron chi connectivity index (χ3n) is 3.91. The first-order valence-electron chi connectivity index (χ1n) is 7.71. The average Bonchev–Trinajstić information content (AvgIpc) is 2.57. The number of rotatable bonds is 4. The zero-order valence-corrected chi connectivity index (χ0v) is 12.4. The van der Waals surface area contributed by atoms with Gasteiger partial charge in [0.15, 0.2) is 0 Å². The molecule has 112 valence electrons. The molecule has 1 aromatic carbocycles. The molecule has 5 nitrogen and oxygen atoms in total. The van der Waals surface area contributed by atoms with E-state index >= 15 is 0 Å². The Morgan fingerprint density at radius 1 is 1.09 bits per heavy atom. The molecule has 0 unspecified atom stereocenters. The zero-order chi connectivity index (χ0) is 15.2. The maximum absolute atomic E-state index is 9.12. The maximum Gasteiger partial charge on any atom is 0.229 e. The number of aromatic nitrogens is 2. The summed E-state index contributed by atoms with van der Waals surface area (Å²) >= 11 is 0. The van der Waals surface area contributed by atoms with Gasteiger partial charge in [-0.2, -0.15) is 10.2 Å². The van der Waals surface area contributed by atoms with Crippen LogP contribution in [0.1, 0.15) is 37.7 Å². The van der Waals surface area contributed by atoms with Gasteiger partial charge in [-0.3, -0.25) is 0 Å². The minimum absolute atomic E-state index is 0.503. The summed E-state index contributed by atoms with van der Waals surface area (Å²) in [5.74, 6) is 1.34. The normalized spacial score (nSPS) is 15.0. The zero-order valence-electron chi connectivity index (χ0n) is 12.4. The van der Waals surface area contributed by atoms with Crippen molar-refractivity contribution in [3.05, 3.63) is 42.1 Å². The Bertz CT molecular complexity index is 671. The molecule has 1 saturated carbocycles. The summed E-state index contributed by atoms with van der Waals surface area (Å²) in [6.45, 7) is 0. The summed E-state index contributed by atoms with van der Waals surface area (Å²) in [5, 5.41) is 15.7. The first-order chi connectivity index (χ1) is 10.8. The Morgan fingerprint density at radius 3 is 2.73 bits per heavy atom. The molecule has 1 aliphatic rings. The van der Waals surface area contributed by atoms with Gasteiger partial charge in [-0.15, -0.1) is 0 Å². The van der Waals surface area contributed by atoms with E-state index in [9.17, 15) is 0 Å². The smallest absolute Gasteiger partial charge is 0.229 e. The van der Waals surface area contributed by atoms with E-state index in [4.69, 9.17) is 5.26 Å². The minimum atomic E-state index is 0.503. The highest BCUT2D eigenvalue weighted by atomic mass is 15.1. The van der Waals surface area contributed by atoms with Gasteiger partial charge in [-0.05, 0) is 31.0 Å². The van der Waals surface area contributed by atoms with Gasteiger partial charge < -0.3 is 10.6 Å². The second kappa shape index (κ2) is 6.90. The van der Waals surface area contributed by atoms with Crippen molar-refractivity contribution in [1.29, 1.82) is 5.26 Å². The van der Waals surface area contributed by atoms with E-state index in [2.05, 4.69) is 26.7 Å². The molecule has 0 bridgehead atoms. The topological polar surface area (TPSA) is 73.6 Å². The van der Waals surface area contributed by atoms with E-state index in [1.54, 1.807) is 12.3 Å². The van der Waals surface area contributed by atoms with Crippen LogP contribution in [0, 0.1) is 11.3 Å². The molecule has 22 heavy (non-hydrogen) atoms. The molecule has 0 spiro atoms. The summed E-state index contributed by atoms with van der Waals surface area (Å²) < 4.78 is 0. The number of nitriles is 1. The summed E-state index contributed by atoms with van der Waals surface area (Å²) in [4.78, 5) is 8.73. The van der Waals surface area contributed by atoms with Crippen LogP contribution in [0.25, 0.3) is 0 Å². The lowest BCUT2D eigenvalue weighted by molar-refractivity contribution is 0.462. The monoisotopic (exact) mass is 293 g/mol. The number of nitrogens with one attached hydrogen (secondary N) is 2. The molecule has 3 rings (SSSR count). The maximum atomic E-state index is 9.12. The second-order valence-electron chi connectivity index (χ2n) is 5.53. The van der Waals surface area contributed by atoms with Crippen molar-refractivity contribution in [2.75, 3.05) is 10.6 Å². The van der Waals surface area contributed by atoms with Gasteiger partial charge in [-0.25, -0.2) is 4.98 Å². The number of benzene rings is 1. The van der Waals surface area contributed by atoms with E-state index in [-0.39, 0.29) is 0 Å². The fourth-order valence-corrected chi connectivity index (χ4v) is 2.77. The second-order valence-corrected chi connectivity index (χ2v) is 5.53. The predicted octanol–water partition coefficient (Wildman–Crippen LogP) is 3.84. The highest BCUT2D eigenvalue weighted by molar-refractivity contribution is 5.63. The summed E-state index contributed by atoms with van der Waals surface area (Å²) in [6.07, 6.45) is 8.02. The first kappa shape index (κ1) is 14.3. The van der Waals surface area contributed by atoms with Crippen molar-refractivity contribution in [3.63, 3.8) is 0 Å². The van der Waals surface area contributed by atoms with Gasteiger partial charge in [0.1, 0.15) is 11.9 Å². The van der Waals surface area contributed by atoms with Crippen molar-refractivity contribution in [3.8, 4) is 6.07 Å². The van der Waals surface area contributed by atoms with Gasteiger partial charge in [0.25, 0.3) is 0 Å². The van der Waals surface area contributed by atoms with Crippen molar-refractivity contribution in [2.24, 2.45) is 0 Å². The molecular weight excluding hydrogens is 274 g/mol. The highest BCUT2D eigenvalue weighted by Crippen LogP contribution is 2.22. The summed E-state index contributed by atoms with van der Waals surface area (Å²) in [5.41, 5.74) is 1.30. The fraction of sp³-hybridized carbons (Fsp3) is 0.353. The van der Waals surface area contributed by atoms with E-state index < -0.39 is 0 Å². The minimum Gasteiger partial charge on any atom is -0.367 e. The lowest BCUT2D eigenvalue weighted by Gasteiger charge is -2.23. The third kappa shape index (κ3) is 3.53. The molecule has 2 N–H and O–H groups in total. The predicted molar refractivity (Wildman–Crippen MR) is 87.0 cm³/mol. The van der Waals surface area contributed by atoms with Crippen molar-refractivity contribution >= 4 is 17.5 Å².